The lowest BCUT2D eigenvalue weighted by Gasteiger charge is -2.40. The zero-order valence-electron chi connectivity index (χ0n) is 15.3. The van der Waals surface area contributed by atoms with Crippen molar-refractivity contribution in [2.24, 2.45) is 16.6 Å². The molecule has 2 N–H and O–H groups in total. The van der Waals surface area contributed by atoms with E-state index in [4.69, 9.17) is 10.5 Å². The highest BCUT2D eigenvalue weighted by molar-refractivity contribution is 5.74. The highest BCUT2D eigenvalue weighted by Crippen LogP contribution is 2.46. The lowest BCUT2D eigenvalue weighted by molar-refractivity contribution is 0.0642. The Morgan fingerprint density at radius 1 is 1.29 bits per heavy atom. The Morgan fingerprint density at radius 3 is 2.93 bits per heavy atom. The van der Waals surface area contributed by atoms with Crippen molar-refractivity contribution in [1.29, 1.82) is 0 Å². The summed E-state index contributed by atoms with van der Waals surface area (Å²) in [5.74, 6) is 4.82. The number of nitrogens with two attached hydrogens (primary N) is 1. The SMILES string of the molecule is CC#Cc1cncc(-c2ccc(F)c([C@@]3(CF)N=C(N)O[C@@H]4CC=C[C@@H]43)c2)c1. The van der Waals surface area contributed by atoms with Crippen molar-refractivity contribution in [2.45, 2.75) is 25.0 Å². The Morgan fingerprint density at radius 2 is 2.14 bits per heavy atom. The minimum Gasteiger partial charge on any atom is -0.461 e. The second-order valence-electron chi connectivity index (χ2n) is 6.89. The third kappa shape index (κ3) is 2.93. The molecule has 0 radical (unpaired) electrons. The van der Waals surface area contributed by atoms with E-state index in [1.54, 1.807) is 31.5 Å². The summed E-state index contributed by atoms with van der Waals surface area (Å²) < 4.78 is 34.9. The van der Waals surface area contributed by atoms with Crippen molar-refractivity contribution < 1.29 is 13.5 Å². The molecule has 6 heteroatoms. The number of amidine groups is 1. The fraction of sp³-hybridized carbons (Fsp3) is 0.273. The Balaban J connectivity index is 1.86. The summed E-state index contributed by atoms with van der Waals surface area (Å²) >= 11 is 0. The second kappa shape index (κ2) is 7.08. The van der Waals surface area contributed by atoms with E-state index in [0.717, 1.165) is 11.1 Å². The van der Waals surface area contributed by atoms with Crippen molar-refractivity contribution >= 4 is 6.02 Å². The Hall–Kier alpha value is -3.20. The maximum Gasteiger partial charge on any atom is 0.283 e. The minimum absolute atomic E-state index is 0.116. The number of pyridine rings is 1. The van der Waals surface area contributed by atoms with Gasteiger partial charge in [-0.1, -0.05) is 24.1 Å². The van der Waals surface area contributed by atoms with E-state index in [-0.39, 0.29) is 17.7 Å². The quantitative estimate of drug-likeness (QED) is 0.653. The van der Waals surface area contributed by atoms with Crippen LogP contribution in [0.15, 0.2) is 53.8 Å². The number of alkyl halides is 1. The van der Waals surface area contributed by atoms with Crippen molar-refractivity contribution in [3.05, 3.63) is 65.8 Å². The number of benzene rings is 1. The van der Waals surface area contributed by atoms with Crippen LogP contribution in [0.3, 0.4) is 0 Å². The van der Waals surface area contributed by atoms with Crippen LogP contribution in [0, 0.1) is 23.6 Å². The average molecular weight is 379 g/mol. The molecule has 0 saturated carbocycles. The topological polar surface area (TPSA) is 60.5 Å². The monoisotopic (exact) mass is 379 g/mol. The number of hydrogen-bond acceptors (Lipinski definition) is 4. The van der Waals surface area contributed by atoms with Gasteiger partial charge in [0.15, 0.2) is 0 Å². The standard InChI is InChI=1S/C22H19F2N3O/c1-2-4-14-9-16(12-26-11-14)15-7-8-19(24)18(10-15)22(13-23)17-5-3-6-20(17)28-21(25)27-22/h3,5,7-12,17,20H,6,13H2,1H3,(H2,25,27)/t17-,20+,22-/m0/s1. The predicted octanol–water partition coefficient (Wildman–Crippen LogP) is 3.71. The number of halogens is 2. The van der Waals surface area contributed by atoms with Crippen LogP contribution in [0.2, 0.25) is 0 Å². The molecule has 28 heavy (non-hydrogen) atoms. The molecule has 2 aromatic rings. The Kier molecular flexibility index (Phi) is 4.60. The Labute approximate surface area is 162 Å². The van der Waals surface area contributed by atoms with Gasteiger partial charge in [0.25, 0.3) is 6.02 Å². The summed E-state index contributed by atoms with van der Waals surface area (Å²) in [5, 5.41) is 0. The van der Waals surface area contributed by atoms with E-state index in [1.807, 2.05) is 18.2 Å². The first-order valence-electron chi connectivity index (χ1n) is 9.00. The number of fused-ring (bicyclic) bond motifs is 1. The fourth-order valence-electron chi connectivity index (χ4n) is 3.95. The molecule has 0 bridgehead atoms. The van der Waals surface area contributed by atoms with E-state index in [2.05, 4.69) is 21.8 Å². The first-order valence-corrected chi connectivity index (χ1v) is 9.00. The van der Waals surface area contributed by atoms with Crippen LogP contribution in [0.4, 0.5) is 8.78 Å². The third-order valence-corrected chi connectivity index (χ3v) is 5.22. The second-order valence-corrected chi connectivity index (χ2v) is 6.89. The van der Waals surface area contributed by atoms with Gasteiger partial charge in [-0.25, -0.2) is 13.8 Å². The summed E-state index contributed by atoms with van der Waals surface area (Å²) in [7, 11) is 0. The predicted molar refractivity (Wildman–Crippen MR) is 104 cm³/mol. The summed E-state index contributed by atoms with van der Waals surface area (Å²) in [6.07, 6.45) is 7.30. The normalized spacial score (nSPS) is 25.3. The number of hydrogen-bond donors (Lipinski definition) is 1. The maximum atomic E-state index is 14.9. The van der Waals surface area contributed by atoms with Gasteiger partial charge in [0, 0.05) is 41.4 Å². The summed E-state index contributed by atoms with van der Waals surface area (Å²) in [6.45, 7) is 0.856. The van der Waals surface area contributed by atoms with Gasteiger partial charge in [-0.2, -0.15) is 0 Å². The average Bonchev–Trinajstić information content (AvgIpc) is 3.17. The highest BCUT2D eigenvalue weighted by atomic mass is 19.1. The first-order chi connectivity index (χ1) is 13.6. The largest absolute Gasteiger partial charge is 0.461 e. The molecule has 1 aliphatic heterocycles. The number of nitrogens with zero attached hydrogens (tertiary/aromatic N) is 2. The number of aliphatic imine (C=N–C) groups is 1. The van der Waals surface area contributed by atoms with E-state index in [9.17, 15) is 8.78 Å². The van der Waals surface area contributed by atoms with Gasteiger partial charge in [-0.3, -0.25) is 4.98 Å². The lowest BCUT2D eigenvalue weighted by atomic mass is 9.76. The zero-order valence-corrected chi connectivity index (χ0v) is 15.3. The summed E-state index contributed by atoms with van der Waals surface area (Å²) in [4.78, 5) is 8.45. The van der Waals surface area contributed by atoms with Crippen molar-refractivity contribution in [1.82, 2.24) is 4.98 Å². The van der Waals surface area contributed by atoms with Crippen LogP contribution in [0.5, 0.6) is 0 Å². The van der Waals surface area contributed by atoms with Crippen LogP contribution in [-0.4, -0.2) is 23.8 Å². The van der Waals surface area contributed by atoms with E-state index in [0.29, 0.717) is 12.0 Å². The van der Waals surface area contributed by atoms with Gasteiger partial charge in [0.2, 0.25) is 0 Å². The van der Waals surface area contributed by atoms with Crippen LogP contribution in [0.25, 0.3) is 11.1 Å². The van der Waals surface area contributed by atoms with Gasteiger partial charge < -0.3 is 10.5 Å². The maximum absolute atomic E-state index is 14.9. The van der Waals surface area contributed by atoms with Crippen LogP contribution < -0.4 is 5.73 Å². The molecule has 4 nitrogen and oxygen atoms in total. The van der Waals surface area contributed by atoms with E-state index < -0.39 is 23.9 Å². The molecule has 1 aliphatic carbocycles. The van der Waals surface area contributed by atoms with Crippen LogP contribution in [0.1, 0.15) is 24.5 Å². The minimum atomic E-state index is -1.45. The van der Waals surface area contributed by atoms with E-state index in [1.165, 1.54) is 6.07 Å². The fourth-order valence-corrected chi connectivity index (χ4v) is 3.95. The molecule has 1 aromatic carbocycles. The number of ether oxygens (including phenoxy) is 1. The molecule has 2 heterocycles. The lowest BCUT2D eigenvalue weighted by Crippen LogP contribution is -2.48. The van der Waals surface area contributed by atoms with Crippen LogP contribution >= 0.6 is 0 Å². The van der Waals surface area contributed by atoms with Crippen LogP contribution in [-0.2, 0) is 10.3 Å². The number of aromatic nitrogens is 1. The zero-order chi connectivity index (χ0) is 19.7. The van der Waals surface area contributed by atoms with E-state index >= 15 is 0 Å². The molecule has 0 unspecified atom stereocenters. The van der Waals surface area contributed by atoms with Gasteiger partial charge in [0.05, 0.1) is 0 Å². The van der Waals surface area contributed by atoms with Crippen molar-refractivity contribution in [3.8, 4) is 23.0 Å². The Bertz CT molecular complexity index is 1040. The molecular weight excluding hydrogens is 360 g/mol. The van der Waals surface area contributed by atoms with Crippen molar-refractivity contribution in [2.75, 3.05) is 6.67 Å². The van der Waals surface area contributed by atoms with Gasteiger partial charge in [-0.15, -0.1) is 5.92 Å². The summed E-state index contributed by atoms with van der Waals surface area (Å²) in [6, 6.07) is 6.34. The van der Waals surface area contributed by atoms with Gasteiger partial charge in [0.1, 0.15) is 24.1 Å². The first kappa shape index (κ1) is 18.2. The number of rotatable bonds is 3. The summed E-state index contributed by atoms with van der Waals surface area (Å²) in [5.41, 5.74) is 6.74. The molecule has 1 aromatic heterocycles. The molecular formula is C22H19F2N3O. The molecule has 142 valence electrons. The third-order valence-electron chi connectivity index (χ3n) is 5.22. The molecule has 2 aliphatic rings. The molecule has 0 fully saturated rings. The highest BCUT2D eigenvalue weighted by Gasteiger charge is 2.50. The molecule has 3 atom stereocenters. The van der Waals surface area contributed by atoms with Gasteiger partial charge in [-0.05, 0) is 30.7 Å². The molecule has 4 rings (SSSR count). The van der Waals surface area contributed by atoms with Gasteiger partial charge >= 0.3 is 0 Å². The molecule has 0 saturated heterocycles. The molecule has 0 amide bonds. The smallest absolute Gasteiger partial charge is 0.283 e. The van der Waals surface area contributed by atoms with Crippen molar-refractivity contribution in [3.63, 3.8) is 0 Å². The molecule has 0 spiro atoms.